The molecule has 1 aliphatic heterocycles. The van der Waals surface area contributed by atoms with Crippen LogP contribution >= 0.6 is 11.6 Å². The number of benzene rings is 2. The van der Waals surface area contributed by atoms with E-state index in [1.54, 1.807) is 12.1 Å². The number of carbonyl (C=O) groups excluding carboxylic acids is 1. The molecule has 1 fully saturated rings. The quantitative estimate of drug-likeness (QED) is 0.919. The Morgan fingerprint density at radius 1 is 1.29 bits per heavy atom. The molecule has 24 heavy (non-hydrogen) atoms. The number of nitrogens with zero attached hydrogens (tertiary/aromatic N) is 1. The lowest BCUT2D eigenvalue weighted by molar-refractivity contribution is -0.119. The first kappa shape index (κ1) is 16.9. The molecule has 1 unspecified atom stereocenters. The predicted octanol–water partition coefficient (Wildman–Crippen LogP) is 3.49. The first-order valence-corrected chi connectivity index (χ1v) is 8.13. The summed E-state index contributed by atoms with van der Waals surface area (Å²) in [5.41, 5.74) is 1.50. The summed E-state index contributed by atoms with van der Waals surface area (Å²) in [5, 5.41) is 3.39. The molecule has 1 N–H and O–H groups in total. The summed E-state index contributed by atoms with van der Waals surface area (Å²) in [7, 11) is 0. The van der Waals surface area contributed by atoms with Crippen molar-refractivity contribution in [3.05, 3.63) is 64.9 Å². The van der Waals surface area contributed by atoms with Crippen LogP contribution in [0.15, 0.2) is 48.5 Å². The Morgan fingerprint density at radius 2 is 2.08 bits per heavy atom. The van der Waals surface area contributed by atoms with Crippen LogP contribution in [0, 0.1) is 5.82 Å². The molecule has 1 amide bonds. The highest BCUT2D eigenvalue weighted by atomic mass is 35.5. The van der Waals surface area contributed by atoms with Crippen LogP contribution in [0.5, 0.6) is 0 Å². The summed E-state index contributed by atoms with van der Waals surface area (Å²) < 4.78 is 18.9. The van der Waals surface area contributed by atoms with Gasteiger partial charge in [0.05, 0.1) is 19.3 Å². The minimum atomic E-state index is -0.373. The van der Waals surface area contributed by atoms with Gasteiger partial charge >= 0.3 is 0 Å². The maximum atomic E-state index is 13.2. The minimum absolute atomic E-state index is 0.0852. The van der Waals surface area contributed by atoms with Crippen molar-refractivity contribution in [2.24, 2.45) is 0 Å². The van der Waals surface area contributed by atoms with E-state index in [1.807, 2.05) is 29.2 Å². The lowest BCUT2D eigenvalue weighted by Gasteiger charge is -2.32. The van der Waals surface area contributed by atoms with Crippen molar-refractivity contribution in [3.8, 4) is 0 Å². The zero-order chi connectivity index (χ0) is 16.9. The van der Waals surface area contributed by atoms with Crippen molar-refractivity contribution < 1.29 is 13.9 Å². The van der Waals surface area contributed by atoms with Crippen molar-refractivity contribution in [1.29, 1.82) is 0 Å². The van der Waals surface area contributed by atoms with Gasteiger partial charge in [-0.2, -0.15) is 0 Å². The van der Waals surface area contributed by atoms with Gasteiger partial charge in [-0.15, -0.1) is 0 Å². The largest absolute Gasteiger partial charge is 0.371 e. The summed E-state index contributed by atoms with van der Waals surface area (Å²) in [6, 6.07) is 13.4. The Bertz CT molecular complexity index is 708. The van der Waals surface area contributed by atoms with E-state index in [-0.39, 0.29) is 24.4 Å². The Kier molecular flexibility index (Phi) is 5.45. The van der Waals surface area contributed by atoms with Gasteiger partial charge in [0.15, 0.2) is 0 Å². The van der Waals surface area contributed by atoms with E-state index in [2.05, 4.69) is 5.32 Å². The van der Waals surface area contributed by atoms with E-state index in [1.165, 1.54) is 12.1 Å². The number of ether oxygens (including phenoxy) is 1. The Morgan fingerprint density at radius 3 is 2.83 bits per heavy atom. The highest BCUT2D eigenvalue weighted by Crippen LogP contribution is 2.23. The smallest absolute Gasteiger partial charge is 0.238 e. The molecule has 0 saturated carbocycles. The molecule has 0 aliphatic carbocycles. The highest BCUT2D eigenvalue weighted by molar-refractivity contribution is 6.30. The monoisotopic (exact) mass is 348 g/mol. The number of hydrogen-bond donors (Lipinski definition) is 1. The minimum Gasteiger partial charge on any atom is -0.371 e. The van der Waals surface area contributed by atoms with Gasteiger partial charge in [-0.05, 0) is 35.9 Å². The average Bonchev–Trinajstić information content (AvgIpc) is 2.55. The molecule has 0 radical (unpaired) electrons. The van der Waals surface area contributed by atoms with Gasteiger partial charge < -0.3 is 10.1 Å². The summed E-state index contributed by atoms with van der Waals surface area (Å²) in [6.07, 6.45) is -0.0852. The third kappa shape index (κ3) is 4.54. The van der Waals surface area contributed by atoms with Crippen molar-refractivity contribution in [1.82, 2.24) is 4.90 Å². The van der Waals surface area contributed by atoms with Gasteiger partial charge in [0, 0.05) is 23.8 Å². The maximum absolute atomic E-state index is 13.2. The van der Waals surface area contributed by atoms with Crippen molar-refractivity contribution in [3.63, 3.8) is 0 Å². The second-order valence-electron chi connectivity index (χ2n) is 5.70. The maximum Gasteiger partial charge on any atom is 0.238 e. The Labute approximate surface area is 145 Å². The zero-order valence-electron chi connectivity index (χ0n) is 13.0. The number of halogens is 2. The lowest BCUT2D eigenvalue weighted by Crippen LogP contribution is -2.42. The van der Waals surface area contributed by atoms with Crippen LogP contribution in [0.2, 0.25) is 5.02 Å². The second-order valence-corrected chi connectivity index (χ2v) is 6.14. The van der Waals surface area contributed by atoms with Crippen LogP contribution in [0.25, 0.3) is 0 Å². The van der Waals surface area contributed by atoms with Gasteiger partial charge in [0.1, 0.15) is 5.82 Å². The molecule has 2 aromatic carbocycles. The second kappa shape index (κ2) is 7.75. The van der Waals surface area contributed by atoms with E-state index in [0.717, 1.165) is 5.56 Å². The normalized spacial score (nSPS) is 18.3. The zero-order valence-corrected chi connectivity index (χ0v) is 13.8. The fraction of sp³-hybridized carbons (Fsp3) is 0.278. The molecular formula is C18H18ClFN2O2. The standard InChI is InChI=1S/C18H18ClFN2O2/c19-14-6-4-13(5-7-14)17-11-22(8-9-24-17)12-18(23)21-16-3-1-2-15(20)10-16/h1-7,10,17H,8-9,11-12H2,(H,21,23). The van der Waals surface area contributed by atoms with Gasteiger partial charge in [0.25, 0.3) is 0 Å². The molecule has 1 aliphatic rings. The molecule has 0 bridgehead atoms. The molecule has 6 heteroatoms. The lowest BCUT2D eigenvalue weighted by atomic mass is 10.1. The third-order valence-electron chi connectivity index (χ3n) is 3.87. The molecule has 1 atom stereocenters. The fourth-order valence-electron chi connectivity index (χ4n) is 2.70. The molecule has 2 aromatic rings. The number of hydrogen-bond acceptors (Lipinski definition) is 3. The van der Waals surface area contributed by atoms with Crippen molar-refractivity contribution in [2.75, 3.05) is 31.6 Å². The molecular weight excluding hydrogens is 331 g/mol. The molecule has 1 heterocycles. The topological polar surface area (TPSA) is 41.6 Å². The number of rotatable bonds is 4. The van der Waals surface area contributed by atoms with Gasteiger partial charge in [-0.1, -0.05) is 29.8 Å². The summed E-state index contributed by atoms with van der Waals surface area (Å²) in [6.45, 7) is 2.10. The summed E-state index contributed by atoms with van der Waals surface area (Å²) in [4.78, 5) is 14.2. The van der Waals surface area contributed by atoms with Crippen molar-refractivity contribution >= 4 is 23.2 Å². The third-order valence-corrected chi connectivity index (χ3v) is 4.12. The fourth-order valence-corrected chi connectivity index (χ4v) is 2.82. The number of nitrogens with one attached hydrogen (secondary N) is 1. The summed E-state index contributed by atoms with van der Waals surface area (Å²) >= 11 is 5.91. The average molecular weight is 349 g/mol. The van der Waals surface area contributed by atoms with E-state index >= 15 is 0 Å². The van der Waals surface area contributed by atoms with Gasteiger partial charge in [-0.3, -0.25) is 9.69 Å². The van der Waals surface area contributed by atoms with Crippen LogP contribution in [0.3, 0.4) is 0 Å². The number of anilines is 1. The van der Waals surface area contributed by atoms with Crippen LogP contribution in [-0.4, -0.2) is 37.0 Å². The number of carbonyl (C=O) groups is 1. The first-order chi connectivity index (χ1) is 11.6. The summed E-state index contributed by atoms with van der Waals surface area (Å²) in [5.74, 6) is -0.542. The molecule has 0 spiro atoms. The number of amides is 1. The van der Waals surface area contributed by atoms with E-state index in [0.29, 0.717) is 30.4 Å². The Balaban J connectivity index is 1.56. The van der Waals surface area contributed by atoms with Crippen LogP contribution in [-0.2, 0) is 9.53 Å². The molecule has 3 rings (SSSR count). The molecule has 0 aromatic heterocycles. The first-order valence-electron chi connectivity index (χ1n) is 7.75. The predicted molar refractivity (Wildman–Crippen MR) is 91.6 cm³/mol. The van der Waals surface area contributed by atoms with Crippen molar-refractivity contribution in [2.45, 2.75) is 6.10 Å². The van der Waals surface area contributed by atoms with Crippen LogP contribution in [0.4, 0.5) is 10.1 Å². The van der Waals surface area contributed by atoms with Gasteiger partial charge in [-0.25, -0.2) is 4.39 Å². The van der Waals surface area contributed by atoms with Crippen LogP contribution in [0.1, 0.15) is 11.7 Å². The highest BCUT2D eigenvalue weighted by Gasteiger charge is 2.23. The van der Waals surface area contributed by atoms with Gasteiger partial charge in [0.2, 0.25) is 5.91 Å². The molecule has 4 nitrogen and oxygen atoms in total. The Hall–Kier alpha value is -1.95. The molecule has 126 valence electrons. The van der Waals surface area contributed by atoms with Crippen LogP contribution < -0.4 is 5.32 Å². The van der Waals surface area contributed by atoms with E-state index in [4.69, 9.17) is 16.3 Å². The SMILES string of the molecule is O=C(CN1CCOC(c2ccc(Cl)cc2)C1)Nc1cccc(F)c1. The van der Waals surface area contributed by atoms with E-state index in [9.17, 15) is 9.18 Å². The number of morpholine rings is 1. The van der Waals surface area contributed by atoms with E-state index < -0.39 is 0 Å². The molecule has 1 saturated heterocycles.